The average molecular weight is 303 g/mol. The molecule has 21 heavy (non-hydrogen) atoms. The number of fused-ring (bicyclic) bond motifs is 1. The topological polar surface area (TPSA) is 50.7 Å². The van der Waals surface area contributed by atoms with E-state index >= 15 is 0 Å². The number of ether oxygens (including phenoxy) is 2. The summed E-state index contributed by atoms with van der Waals surface area (Å²) in [5, 5.41) is 13.3. The molecule has 0 aliphatic carbocycles. The van der Waals surface area contributed by atoms with Crippen LogP contribution in [-0.2, 0) is 6.54 Å². The van der Waals surface area contributed by atoms with Crippen LogP contribution in [0.3, 0.4) is 0 Å². The third-order valence-corrected chi connectivity index (χ3v) is 4.19. The van der Waals surface area contributed by atoms with Crippen LogP contribution in [0.15, 0.2) is 47.4 Å². The summed E-state index contributed by atoms with van der Waals surface area (Å²) in [5.41, 5.74) is 0.823. The van der Waals surface area contributed by atoms with Crippen molar-refractivity contribution in [3.05, 3.63) is 48.0 Å². The molecule has 0 saturated carbocycles. The summed E-state index contributed by atoms with van der Waals surface area (Å²) in [6.45, 7) is 1.70. The van der Waals surface area contributed by atoms with Crippen molar-refractivity contribution in [3.8, 4) is 17.2 Å². The van der Waals surface area contributed by atoms with E-state index in [2.05, 4.69) is 17.4 Å². The van der Waals surface area contributed by atoms with Gasteiger partial charge in [-0.1, -0.05) is 18.2 Å². The molecule has 2 aromatic rings. The number of phenolic OH excluding ortho intramolecular Hbond substituents is 1. The van der Waals surface area contributed by atoms with Gasteiger partial charge in [0.15, 0.2) is 11.5 Å². The monoisotopic (exact) mass is 303 g/mol. The number of phenols is 1. The molecule has 2 N–H and O–H groups in total. The highest BCUT2D eigenvalue weighted by Crippen LogP contribution is 2.37. The molecule has 4 nitrogen and oxygen atoms in total. The van der Waals surface area contributed by atoms with Gasteiger partial charge in [0.2, 0.25) is 6.79 Å². The van der Waals surface area contributed by atoms with Crippen molar-refractivity contribution < 1.29 is 14.6 Å². The quantitative estimate of drug-likeness (QED) is 0.634. The van der Waals surface area contributed by atoms with Gasteiger partial charge in [0.25, 0.3) is 0 Å². The van der Waals surface area contributed by atoms with E-state index in [1.165, 1.54) is 4.90 Å². The number of nitrogens with one attached hydrogen (secondary N) is 1. The van der Waals surface area contributed by atoms with Crippen LogP contribution in [0.2, 0.25) is 0 Å². The van der Waals surface area contributed by atoms with Gasteiger partial charge in [-0.15, -0.1) is 11.8 Å². The lowest BCUT2D eigenvalue weighted by atomic mass is 10.1. The molecule has 1 heterocycles. The number of hydrogen-bond donors (Lipinski definition) is 2. The van der Waals surface area contributed by atoms with E-state index in [0.29, 0.717) is 18.0 Å². The number of thioether (sulfide) groups is 1. The van der Waals surface area contributed by atoms with Gasteiger partial charge in [-0.25, -0.2) is 0 Å². The van der Waals surface area contributed by atoms with Crippen molar-refractivity contribution in [2.24, 2.45) is 0 Å². The van der Waals surface area contributed by atoms with E-state index in [0.717, 1.165) is 17.9 Å². The molecule has 0 radical (unpaired) electrons. The van der Waals surface area contributed by atoms with Crippen molar-refractivity contribution in [1.29, 1.82) is 0 Å². The Morgan fingerprint density at radius 2 is 1.86 bits per heavy atom. The van der Waals surface area contributed by atoms with Crippen LogP contribution in [0.4, 0.5) is 0 Å². The zero-order valence-electron chi connectivity index (χ0n) is 11.5. The summed E-state index contributed by atoms with van der Waals surface area (Å²) in [6, 6.07) is 13.8. The minimum absolute atomic E-state index is 0.222. The first-order valence-electron chi connectivity index (χ1n) is 6.83. The van der Waals surface area contributed by atoms with Crippen molar-refractivity contribution in [2.75, 3.05) is 19.1 Å². The molecule has 110 valence electrons. The van der Waals surface area contributed by atoms with Gasteiger partial charge in [0.1, 0.15) is 5.75 Å². The molecule has 0 amide bonds. The maximum absolute atomic E-state index is 9.93. The molecule has 0 saturated heterocycles. The Balaban J connectivity index is 1.45. The van der Waals surface area contributed by atoms with Crippen molar-refractivity contribution in [3.63, 3.8) is 0 Å². The number of aromatic hydroxyl groups is 1. The summed E-state index contributed by atoms with van der Waals surface area (Å²) in [7, 11) is 0. The molecule has 1 aliphatic rings. The number of hydrogen-bond acceptors (Lipinski definition) is 5. The first kappa shape index (κ1) is 14.1. The second-order valence-electron chi connectivity index (χ2n) is 4.67. The maximum atomic E-state index is 9.93. The molecule has 0 bridgehead atoms. The molecule has 0 unspecified atom stereocenters. The summed E-state index contributed by atoms with van der Waals surface area (Å²) >= 11 is 1.81. The third kappa shape index (κ3) is 3.62. The molecule has 3 rings (SSSR count). The van der Waals surface area contributed by atoms with Crippen molar-refractivity contribution in [2.45, 2.75) is 11.4 Å². The summed E-state index contributed by atoms with van der Waals surface area (Å²) in [6.07, 6.45) is 0. The molecule has 0 spiro atoms. The Kier molecular flexibility index (Phi) is 4.52. The minimum atomic E-state index is 0.222. The van der Waals surface area contributed by atoms with Crippen LogP contribution >= 0.6 is 11.8 Å². The van der Waals surface area contributed by atoms with Gasteiger partial charge in [0.05, 0.1) is 0 Å². The van der Waals surface area contributed by atoms with Gasteiger partial charge in [-0.3, -0.25) is 0 Å². The summed E-state index contributed by atoms with van der Waals surface area (Å²) in [4.78, 5) is 1.27. The van der Waals surface area contributed by atoms with E-state index in [1.54, 1.807) is 6.07 Å². The summed E-state index contributed by atoms with van der Waals surface area (Å²) < 4.78 is 10.5. The Hall–Kier alpha value is -1.85. The zero-order chi connectivity index (χ0) is 14.5. The third-order valence-electron chi connectivity index (χ3n) is 3.18. The second kappa shape index (κ2) is 6.74. The lowest BCUT2D eigenvalue weighted by molar-refractivity contribution is 0.174. The highest BCUT2D eigenvalue weighted by Gasteiger charge is 2.16. The fraction of sp³-hybridized carbons (Fsp3) is 0.250. The van der Waals surface area contributed by atoms with Crippen LogP contribution in [-0.4, -0.2) is 24.2 Å². The van der Waals surface area contributed by atoms with Gasteiger partial charge in [-0.05, 0) is 18.2 Å². The van der Waals surface area contributed by atoms with Gasteiger partial charge < -0.3 is 19.9 Å². The minimum Gasteiger partial charge on any atom is -0.507 e. The molecule has 5 heteroatoms. The maximum Gasteiger partial charge on any atom is 0.231 e. The van der Waals surface area contributed by atoms with E-state index in [4.69, 9.17) is 9.47 Å². The average Bonchev–Trinajstić information content (AvgIpc) is 2.95. The Morgan fingerprint density at radius 3 is 2.67 bits per heavy atom. The largest absolute Gasteiger partial charge is 0.507 e. The van der Waals surface area contributed by atoms with E-state index in [-0.39, 0.29) is 12.5 Å². The van der Waals surface area contributed by atoms with Crippen LogP contribution in [0, 0.1) is 0 Å². The highest BCUT2D eigenvalue weighted by atomic mass is 32.2. The first-order valence-corrected chi connectivity index (χ1v) is 7.81. The lowest BCUT2D eigenvalue weighted by Crippen LogP contribution is -2.16. The van der Waals surface area contributed by atoms with E-state index in [1.807, 2.05) is 36.0 Å². The Bertz CT molecular complexity index is 604. The van der Waals surface area contributed by atoms with Gasteiger partial charge >= 0.3 is 0 Å². The zero-order valence-corrected chi connectivity index (χ0v) is 12.4. The predicted molar refractivity (Wildman–Crippen MR) is 83.1 cm³/mol. The van der Waals surface area contributed by atoms with Crippen molar-refractivity contribution in [1.82, 2.24) is 5.32 Å². The smallest absolute Gasteiger partial charge is 0.231 e. The van der Waals surface area contributed by atoms with Gasteiger partial charge in [0, 0.05) is 35.4 Å². The molecule has 1 aliphatic heterocycles. The molecular formula is C16H17NO3S. The van der Waals surface area contributed by atoms with E-state index < -0.39 is 0 Å². The number of benzene rings is 2. The van der Waals surface area contributed by atoms with Crippen LogP contribution in [0.5, 0.6) is 17.2 Å². The normalized spacial score (nSPS) is 12.6. The van der Waals surface area contributed by atoms with Crippen LogP contribution in [0.1, 0.15) is 5.56 Å². The molecule has 0 aromatic heterocycles. The standard InChI is InChI=1S/C16H17NO3S/c18-14-9-16-15(19-11-20-16)8-12(14)10-17-6-7-21-13-4-2-1-3-5-13/h1-5,8-9,17-18H,6-7,10-11H2. The fourth-order valence-electron chi connectivity index (χ4n) is 2.10. The Labute approximate surface area is 128 Å². The fourth-order valence-corrected chi connectivity index (χ4v) is 2.93. The van der Waals surface area contributed by atoms with E-state index in [9.17, 15) is 5.11 Å². The van der Waals surface area contributed by atoms with Crippen LogP contribution in [0.25, 0.3) is 0 Å². The summed E-state index contributed by atoms with van der Waals surface area (Å²) in [5.74, 6) is 2.52. The lowest BCUT2D eigenvalue weighted by Gasteiger charge is -2.08. The molecule has 0 atom stereocenters. The van der Waals surface area contributed by atoms with Crippen LogP contribution < -0.4 is 14.8 Å². The Morgan fingerprint density at radius 1 is 1.10 bits per heavy atom. The molecule has 2 aromatic carbocycles. The molecule has 0 fully saturated rings. The highest BCUT2D eigenvalue weighted by molar-refractivity contribution is 7.99. The first-order chi connectivity index (χ1) is 10.3. The van der Waals surface area contributed by atoms with Gasteiger partial charge in [-0.2, -0.15) is 0 Å². The number of rotatable bonds is 6. The molecular weight excluding hydrogens is 286 g/mol. The second-order valence-corrected chi connectivity index (χ2v) is 5.84. The SMILES string of the molecule is Oc1cc2c(cc1CNCCSc1ccccc1)OCO2. The predicted octanol–water partition coefficient (Wildman–Crippen LogP) is 3.00. The van der Waals surface area contributed by atoms with Crippen molar-refractivity contribution >= 4 is 11.8 Å².